The Hall–Kier alpha value is -1.50. The molecule has 0 aliphatic heterocycles. The van der Waals surface area contributed by atoms with E-state index in [1.54, 1.807) is 4.31 Å². The van der Waals surface area contributed by atoms with Crippen LogP contribution in [0.2, 0.25) is 0 Å². The molecule has 1 heterocycles. The van der Waals surface area contributed by atoms with Crippen molar-refractivity contribution in [2.24, 2.45) is 0 Å². The molecule has 25 heavy (non-hydrogen) atoms. The summed E-state index contributed by atoms with van der Waals surface area (Å²) in [5.41, 5.74) is 4.41. The Morgan fingerprint density at radius 1 is 1.40 bits per heavy atom. The Balaban J connectivity index is 1.98. The molecule has 1 aromatic heterocycles. The van der Waals surface area contributed by atoms with Crippen LogP contribution in [0.5, 0.6) is 0 Å². The first-order valence-corrected chi connectivity index (χ1v) is 9.93. The van der Waals surface area contributed by atoms with Gasteiger partial charge in [0.2, 0.25) is 0 Å². The lowest BCUT2D eigenvalue weighted by Gasteiger charge is -2.28. The summed E-state index contributed by atoms with van der Waals surface area (Å²) in [6, 6.07) is 2.49. The molecule has 2 N–H and O–H groups in total. The normalized spacial score (nSPS) is 23.7. The van der Waals surface area contributed by atoms with Gasteiger partial charge in [0, 0.05) is 31.7 Å². The molecule has 1 unspecified atom stereocenters. The highest BCUT2D eigenvalue weighted by atomic mass is 32.2. The number of nitrogens with one attached hydrogen (secondary N) is 2. The van der Waals surface area contributed by atoms with Gasteiger partial charge in [0.15, 0.2) is 11.2 Å². The Morgan fingerprint density at radius 3 is 2.64 bits per heavy atom. The predicted molar refractivity (Wildman–Crippen MR) is 106 cm³/mol. The second kappa shape index (κ2) is 9.27. The Bertz CT molecular complexity index is 667. The molecule has 1 aliphatic carbocycles. The third-order valence-electron chi connectivity index (χ3n) is 4.68. The minimum Gasteiger partial charge on any atom is -0.282 e. The number of nitrogens with zero attached hydrogens (tertiary/aromatic N) is 2. The standard InChI is InChI=1S/C19H30N4OS/c1-6-14(3)12-15(7-2)18-13-19(21-20-18)16-8-10-17(11-9-16)22-25(24)23(4)5/h6-7,12-13,16-17,22H,1,8-11H2,2-5H3,(H,20,21)/b14-12-,15-7+. The monoisotopic (exact) mass is 362 g/mol. The molecule has 1 atom stereocenters. The van der Waals surface area contributed by atoms with E-state index in [0.717, 1.165) is 42.5 Å². The molecular weight excluding hydrogens is 332 g/mol. The van der Waals surface area contributed by atoms with Gasteiger partial charge in [-0.25, -0.2) is 13.2 Å². The van der Waals surface area contributed by atoms with Gasteiger partial charge >= 0.3 is 0 Å². The molecule has 5 nitrogen and oxygen atoms in total. The van der Waals surface area contributed by atoms with Gasteiger partial charge in [-0.3, -0.25) is 5.10 Å². The first kappa shape index (κ1) is 19.8. The number of rotatable bonds is 7. The van der Waals surface area contributed by atoms with Crippen molar-refractivity contribution >= 4 is 16.7 Å². The van der Waals surface area contributed by atoms with Crippen LogP contribution >= 0.6 is 0 Å². The SMILES string of the molecule is C=C/C(C)=C\C(=C/C)c1cc(C2CCC(NS(=O)N(C)C)CC2)[nH]n1. The summed E-state index contributed by atoms with van der Waals surface area (Å²) in [5, 5.41) is 7.72. The van der Waals surface area contributed by atoms with Gasteiger partial charge in [0.05, 0.1) is 5.69 Å². The van der Waals surface area contributed by atoms with Crippen LogP contribution in [0.4, 0.5) is 0 Å². The van der Waals surface area contributed by atoms with E-state index >= 15 is 0 Å². The van der Waals surface area contributed by atoms with Gasteiger partial charge < -0.3 is 0 Å². The number of hydrogen-bond donors (Lipinski definition) is 2. The molecule has 138 valence electrons. The van der Waals surface area contributed by atoms with E-state index < -0.39 is 11.2 Å². The van der Waals surface area contributed by atoms with Crippen molar-refractivity contribution in [3.8, 4) is 0 Å². The Morgan fingerprint density at radius 2 is 2.08 bits per heavy atom. The second-order valence-corrected chi connectivity index (χ2v) is 8.24. The molecular formula is C19H30N4OS. The van der Waals surface area contributed by atoms with E-state index in [1.165, 1.54) is 5.69 Å². The van der Waals surface area contributed by atoms with E-state index in [9.17, 15) is 4.21 Å². The van der Waals surface area contributed by atoms with Crippen molar-refractivity contribution in [3.63, 3.8) is 0 Å². The predicted octanol–water partition coefficient (Wildman–Crippen LogP) is 3.70. The first-order chi connectivity index (χ1) is 11.9. The summed E-state index contributed by atoms with van der Waals surface area (Å²) in [6.45, 7) is 7.87. The second-order valence-electron chi connectivity index (χ2n) is 6.77. The molecule has 0 radical (unpaired) electrons. The minimum atomic E-state index is -1.09. The first-order valence-electron chi connectivity index (χ1n) is 8.82. The fourth-order valence-corrected chi connectivity index (χ4v) is 3.80. The number of hydrogen-bond acceptors (Lipinski definition) is 2. The van der Waals surface area contributed by atoms with E-state index in [1.807, 2.05) is 34.0 Å². The van der Waals surface area contributed by atoms with Crippen molar-refractivity contribution in [3.05, 3.63) is 47.8 Å². The maximum atomic E-state index is 11.9. The number of aromatic nitrogens is 2. The minimum absolute atomic E-state index is 0.325. The highest BCUT2D eigenvalue weighted by molar-refractivity contribution is 7.80. The molecule has 1 saturated carbocycles. The maximum Gasteiger partial charge on any atom is 0.169 e. The average molecular weight is 363 g/mol. The summed E-state index contributed by atoms with van der Waals surface area (Å²) in [6.07, 6.45) is 10.3. The van der Waals surface area contributed by atoms with Gasteiger partial charge in [-0.1, -0.05) is 30.4 Å². The van der Waals surface area contributed by atoms with E-state index in [4.69, 9.17) is 0 Å². The molecule has 0 aromatic carbocycles. The van der Waals surface area contributed by atoms with E-state index in [-0.39, 0.29) is 0 Å². The Labute approximate surface area is 154 Å². The Kier molecular flexibility index (Phi) is 7.35. The van der Waals surface area contributed by atoms with Crippen molar-refractivity contribution in [1.29, 1.82) is 0 Å². The van der Waals surface area contributed by atoms with Crippen LogP contribution in [0.3, 0.4) is 0 Å². The van der Waals surface area contributed by atoms with Gasteiger partial charge in [0.25, 0.3) is 0 Å². The van der Waals surface area contributed by atoms with E-state index in [2.05, 4.69) is 39.7 Å². The molecule has 1 fully saturated rings. The van der Waals surface area contributed by atoms with Gasteiger partial charge in [0.1, 0.15) is 0 Å². The molecule has 0 bridgehead atoms. The van der Waals surface area contributed by atoms with Gasteiger partial charge in [-0.05, 0) is 51.2 Å². The largest absolute Gasteiger partial charge is 0.282 e. The summed E-state index contributed by atoms with van der Waals surface area (Å²) in [5.74, 6) is 0.495. The van der Waals surface area contributed by atoms with E-state index in [0.29, 0.717) is 12.0 Å². The van der Waals surface area contributed by atoms with Crippen LogP contribution in [-0.4, -0.2) is 38.8 Å². The molecule has 1 aromatic rings. The summed E-state index contributed by atoms with van der Waals surface area (Å²) in [4.78, 5) is 0. The molecule has 0 saturated heterocycles. The van der Waals surface area contributed by atoms with Crippen molar-refractivity contribution in [1.82, 2.24) is 19.2 Å². The lowest BCUT2D eigenvalue weighted by Crippen LogP contribution is -2.39. The summed E-state index contributed by atoms with van der Waals surface area (Å²) >= 11 is -1.09. The van der Waals surface area contributed by atoms with Crippen LogP contribution in [-0.2, 0) is 11.2 Å². The molecule has 2 rings (SSSR count). The van der Waals surface area contributed by atoms with Gasteiger partial charge in [-0.2, -0.15) is 5.10 Å². The zero-order chi connectivity index (χ0) is 18.4. The topological polar surface area (TPSA) is 61.0 Å². The molecule has 0 amide bonds. The quantitative estimate of drug-likeness (QED) is 0.727. The number of allylic oxidation sites excluding steroid dienone is 5. The van der Waals surface area contributed by atoms with Crippen molar-refractivity contribution < 1.29 is 4.21 Å². The third kappa shape index (κ3) is 5.49. The molecule has 6 heteroatoms. The van der Waals surface area contributed by atoms with Crippen LogP contribution in [0.1, 0.15) is 56.8 Å². The smallest absolute Gasteiger partial charge is 0.169 e. The zero-order valence-electron chi connectivity index (χ0n) is 15.7. The fraction of sp³-hybridized carbons (Fsp3) is 0.526. The molecule has 0 spiro atoms. The average Bonchev–Trinajstić information content (AvgIpc) is 3.09. The van der Waals surface area contributed by atoms with Crippen molar-refractivity contribution in [2.75, 3.05) is 14.1 Å². The summed E-state index contributed by atoms with van der Waals surface area (Å²) < 4.78 is 16.8. The van der Waals surface area contributed by atoms with Crippen LogP contribution in [0.15, 0.2) is 36.4 Å². The summed E-state index contributed by atoms with van der Waals surface area (Å²) in [7, 11) is 3.64. The lowest BCUT2D eigenvalue weighted by atomic mass is 9.84. The van der Waals surface area contributed by atoms with Gasteiger partial charge in [-0.15, -0.1) is 0 Å². The molecule has 1 aliphatic rings. The highest BCUT2D eigenvalue weighted by Gasteiger charge is 2.25. The number of H-pyrrole nitrogens is 1. The van der Waals surface area contributed by atoms with Crippen LogP contribution in [0.25, 0.3) is 5.57 Å². The fourth-order valence-electron chi connectivity index (χ4n) is 3.07. The van der Waals surface area contributed by atoms with Crippen LogP contribution in [0, 0.1) is 0 Å². The zero-order valence-corrected chi connectivity index (χ0v) is 16.5. The highest BCUT2D eigenvalue weighted by Crippen LogP contribution is 2.33. The lowest BCUT2D eigenvalue weighted by molar-refractivity contribution is 0.370. The third-order valence-corrected chi connectivity index (χ3v) is 5.87. The van der Waals surface area contributed by atoms with Crippen LogP contribution < -0.4 is 4.72 Å². The number of aromatic amines is 1. The maximum absolute atomic E-state index is 11.9. The van der Waals surface area contributed by atoms with Crippen molar-refractivity contribution in [2.45, 2.75) is 51.5 Å².